The molecule has 7 atom stereocenters. The van der Waals surface area contributed by atoms with Crippen LogP contribution < -0.4 is 15.6 Å². The number of esters is 1. The van der Waals surface area contributed by atoms with Gasteiger partial charge < -0.3 is 34.7 Å². The number of hydrogen-bond donors (Lipinski definition) is 4. The van der Waals surface area contributed by atoms with Crippen molar-refractivity contribution in [3.63, 3.8) is 0 Å². The highest BCUT2D eigenvalue weighted by molar-refractivity contribution is 8.56. The summed E-state index contributed by atoms with van der Waals surface area (Å²) in [6, 6.07) is -1.08. The number of nitrogens with zero attached hydrogens (tertiary/aromatic N) is 5. The SMILES string of the molecule is COc1nc(N)nc2c1ncn2C1O[C@H](CO[P@@](=O)(N[C@@H](C)C(=O)OC(C)C)SCC2CC(=O)N(C)C2=O)[C@@H](O)[C@@]1(C)O. The number of nitrogens with one attached hydrogen (secondary N) is 1. The lowest BCUT2D eigenvalue weighted by atomic mass is 9.96. The molecule has 2 aliphatic heterocycles. The molecule has 2 aliphatic rings. The maximum Gasteiger partial charge on any atom is 0.327 e. The summed E-state index contributed by atoms with van der Waals surface area (Å²) in [5, 5.41) is 24.9. The number of methoxy groups -OCH3 is 1. The fraction of sp³-hybridized carbons (Fsp3) is 0.667. The number of hydrogen-bond acceptors (Lipinski definition) is 15. The van der Waals surface area contributed by atoms with Crippen LogP contribution in [0.15, 0.2) is 6.33 Å². The number of nitrogens with two attached hydrogens (primary N) is 1. The highest BCUT2D eigenvalue weighted by Gasteiger charge is 2.54. The number of carbonyl (C=O) groups is 3. The van der Waals surface area contributed by atoms with Crippen molar-refractivity contribution in [1.29, 1.82) is 0 Å². The quantitative estimate of drug-likeness (QED) is 0.137. The van der Waals surface area contributed by atoms with Crippen molar-refractivity contribution < 1.29 is 47.9 Å². The van der Waals surface area contributed by atoms with E-state index in [1.165, 1.54) is 38.9 Å². The second-order valence-electron chi connectivity index (χ2n) is 10.7. The molecule has 5 N–H and O–H groups in total. The molecule has 2 unspecified atom stereocenters. The van der Waals surface area contributed by atoms with Gasteiger partial charge in [-0.2, -0.15) is 9.97 Å². The van der Waals surface area contributed by atoms with Crippen LogP contribution in [-0.4, -0.2) is 109 Å². The predicted molar refractivity (Wildman–Crippen MR) is 153 cm³/mol. The van der Waals surface area contributed by atoms with E-state index in [0.717, 1.165) is 16.3 Å². The first-order valence-corrected chi connectivity index (χ1v) is 16.6. The van der Waals surface area contributed by atoms with Crippen molar-refractivity contribution in [3.05, 3.63) is 6.33 Å². The summed E-state index contributed by atoms with van der Waals surface area (Å²) in [4.78, 5) is 50.2. The number of anilines is 1. The van der Waals surface area contributed by atoms with Crippen molar-refractivity contribution in [2.75, 3.05) is 32.3 Å². The highest BCUT2D eigenvalue weighted by atomic mass is 32.7. The minimum atomic E-state index is -4.01. The summed E-state index contributed by atoms with van der Waals surface area (Å²) in [6.45, 7) is 1.59. The molecule has 0 radical (unpaired) electrons. The van der Waals surface area contributed by atoms with Crippen molar-refractivity contribution >= 4 is 53.0 Å². The Balaban J connectivity index is 1.53. The van der Waals surface area contributed by atoms with Gasteiger partial charge in [-0.3, -0.25) is 28.4 Å². The summed E-state index contributed by atoms with van der Waals surface area (Å²) in [5.41, 5.74) is 4.30. The molecule has 0 aliphatic carbocycles. The smallest absolute Gasteiger partial charge is 0.327 e. The predicted octanol–water partition coefficient (Wildman–Crippen LogP) is 0.219. The molecule has 2 saturated heterocycles. The topological polar surface area (TPSA) is 231 Å². The Bertz CT molecular complexity index is 1440. The molecule has 0 saturated carbocycles. The molecule has 17 nitrogen and oxygen atoms in total. The first kappa shape index (κ1) is 33.0. The number of fused-ring (bicyclic) bond motifs is 1. The highest BCUT2D eigenvalue weighted by Crippen LogP contribution is 2.58. The first-order valence-electron chi connectivity index (χ1n) is 13.4. The molecule has 4 heterocycles. The average molecular weight is 646 g/mol. The van der Waals surface area contributed by atoms with E-state index in [0.29, 0.717) is 0 Å². The van der Waals surface area contributed by atoms with Crippen molar-refractivity contribution in [1.82, 2.24) is 29.5 Å². The monoisotopic (exact) mass is 645 g/mol. The average Bonchev–Trinajstić information content (AvgIpc) is 3.53. The summed E-state index contributed by atoms with van der Waals surface area (Å²) in [7, 11) is 2.75. The summed E-state index contributed by atoms with van der Waals surface area (Å²) in [5.74, 6) is -2.27. The van der Waals surface area contributed by atoms with Crippen LogP contribution in [0.5, 0.6) is 5.88 Å². The molecule has 0 aromatic carbocycles. The minimum absolute atomic E-state index is 0.0520. The molecule has 43 heavy (non-hydrogen) atoms. The molecule has 19 heteroatoms. The van der Waals surface area contributed by atoms with Gasteiger partial charge in [0.2, 0.25) is 23.6 Å². The molecule has 238 valence electrons. The number of nitrogen functional groups attached to an aromatic ring is 1. The summed E-state index contributed by atoms with van der Waals surface area (Å²) >= 11 is 0.739. The van der Waals surface area contributed by atoms with Gasteiger partial charge in [0.15, 0.2) is 17.4 Å². The van der Waals surface area contributed by atoms with E-state index < -0.39 is 67.3 Å². The van der Waals surface area contributed by atoms with Crippen LogP contribution >= 0.6 is 18.1 Å². The van der Waals surface area contributed by atoms with Crippen LogP contribution in [0.25, 0.3) is 11.2 Å². The normalized spacial score (nSPS) is 28.1. The van der Waals surface area contributed by atoms with Gasteiger partial charge in [-0.05, 0) is 27.7 Å². The maximum atomic E-state index is 14.0. The third kappa shape index (κ3) is 6.79. The van der Waals surface area contributed by atoms with Gasteiger partial charge in [-0.15, -0.1) is 0 Å². The van der Waals surface area contributed by atoms with E-state index in [1.54, 1.807) is 13.8 Å². The van der Waals surface area contributed by atoms with Gasteiger partial charge in [0.1, 0.15) is 23.9 Å². The zero-order valence-electron chi connectivity index (χ0n) is 24.5. The second kappa shape index (κ2) is 12.6. The second-order valence-corrected chi connectivity index (χ2v) is 15.0. The number of aliphatic hydroxyl groups excluding tert-OH is 1. The number of imide groups is 1. The molecule has 2 aromatic rings. The van der Waals surface area contributed by atoms with Crippen molar-refractivity contribution in [3.8, 4) is 5.88 Å². The molecule has 2 fully saturated rings. The number of ether oxygens (including phenoxy) is 3. The van der Waals surface area contributed by atoms with Crippen LogP contribution in [0.4, 0.5) is 5.95 Å². The minimum Gasteiger partial charge on any atom is -0.479 e. The Hall–Kier alpha value is -2.86. The Kier molecular flexibility index (Phi) is 9.71. The van der Waals surface area contributed by atoms with E-state index in [1.807, 2.05) is 0 Å². The Morgan fingerprint density at radius 3 is 2.65 bits per heavy atom. The van der Waals surface area contributed by atoms with E-state index in [4.69, 9.17) is 24.5 Å². The van der Waals surface area contributed by atoms with Gasteiger partial charge in [0.05, 0.1) is 32.1 Å². The fourth-order valence-electron chi connectivity index (χ4n) is 4.66. The van der Waals surface area contributed by atoms with Crippen LogP contribution in [0.2, 0.25) is 0 Å². The van der Waals surface area contributed by atoms with Crippen LogP contribution in [0.3, 0.4) is 0 Å². The van der Waals surface area contributed by atoms with Crippen molar-refractivity contribution in [2.24, 2.45) is 5.92 Å². The molecule has 2 aromatic heterocycles. The lowest BCUT2D eigenvalue weighted by molar-refractivity contribution is -0.149. The third-order valence-electron chi connectivity index (χ3n) is 6.99. The lowest BCUT2D eigenvalue weighted by Crippen LogP contribution is -2.44. The van der Waals surface area contributed by atoms with E-state index >= 15 is 0 Å². The standard InChI is InChI=1S/C24H36N7O10PS/c1-11(2)40-21(35)12(3)29-42(37,43-9-13-7-15(32)30(5)20(13)34)39-8-14-17(33)24(4,36)22(41-14)31-10-26-16-18(31)27-23(25)28-19(16)38-6/h10-14,17,22,33,36H,7-9H2,1-6H3,(H,29,37)(H2,25,27,28)/t12-,13?,14+,17+,22?,24+,42-/m0/s1. The number of aromatic nitrogens is 4. The third-order valence-corrected chi connectivity index (χ3v) is 11.2. The van der Waals surface area contributed by atoms with E-state index in [9.17, 15) is 29.2 Å². The van der Waals surface area contributed by atoms with Gasteiger partial charge in [0, 0.05) is 19.2 Å². The van der Waals surface area contributed by atoms with Crippen LogP contribution in [0.1, 0.15) is 40.3 Å². The Morgan fingerprint density at radius 2 is 2.05 bits per heavy atom. The summed E-state index contributed by atoms with van der Waals surface area (Å²) < 4.78 is 37.5. The number of carbonyl (C=O) groups excluding carboxylic acids is 3. The number of rotatable bonds is 12. The molecule has 2 amide bonds. The number of likely N-dealkylation sites (tertiary alicyclic amines) is 1. The lowest BCUT2D eigenvalue weighted by Gasteiger charge is -2.27. The number of amides is 2. The van der Waals surface area contributed by atoms with Gasteiger partial charge in [0.25, 0.3) is 0 Å². The van der Waals surface area contributed by atoms with Gasteiger partial charge >= 0.3 is 12.7 Å². The Morgan fingerprint density at radius 1 is 1.35 bits per heavy atom. The zero-order valence-corrected chi connectivity index (χ0v) is 26.2. The fourth-order valence-corrected chi connectivity index (χ4v) is 8.67. The molecular weight excluding hydrogens is 609 g/mol. The maximum absolute atomic E-state index is 14.0. The zero-order chi connectivity index (χ0) is 31.9. The largest absolute Gasteiger partial charge is 0.479 e. The number of aliphatic hydroxyl groups is 2. The van der Waals surface area contributed by atoms with Crippen LogP contribution in [-0.2, 0) is 32.9 Å². The van der Waals surface area contributed by atoms with E-state index in [2.05, 4.69) is 20.0 Å². The van der Waals surface area contributed by atoms with E-state index in [-0.39, 0.29) is 41.1 Å². The van der Waals surface area contributed by atoms with Crippen molar-refractivity contribution in [2.45, 2.75) is 70.3 Å². The molecule has 4 rings (SSSR count). The Labute approximate surface area is 251 Å². The summed E-state index contributed by atoms with van der Waals surface area (Å²) in [6.07, 6.45) is -3.16. The molecule has 0 spiro atoms. The molecular formula is C24H36N7O10PS. The van der Waals surface area contributed by atoms with Crippen LogP contribution in [0, 0.1) is 5.92 Å². The molecule has 0 bridgehead atoms. The first-order chi connectivity index (χ1) is 20.1. The number of imidazole rings is 1. The van der Waals surface area contributed by atoms with Gasteiger partial charge in [-0.25, -0.2) is 10.1 Å². The van der Waals surface area contributed by atoms with Gasteiger partial charge in [-0.1, -0.05) is 11.4 Å².